The third-order valence-corrected chi connectivity index (χ3v) is 4.44. The van der Waals surface area contributed by atoms with Crippen LogP contribution in [0.2, 0.25) is 0 Å². The van der Waals surface area contributed by atoms with Crippen LogP contribution in [0.3, 0.4) is 0 Å². The number of fused-ring (bicyclic) bond motifs is 2. The van der Waals surface area contributed by atoms with E-state index < -0.39 is 0 Å². The van der Waals surface area contributed by atoms with Crippen LogP contribution in [-0.4, -0.2) is 34.0 Å². The van der Waals surface area contributed by atoms with E-state index in [0.717, 1.165) is 31.2 Å². The molecule has 1 aromatic carbocycles. The summed E-state index contributed by atoms with van der Waals surface area (Å²) in [6, 6.07) is 5.79. The zero-order valence-electron chi connectivity index (χ0n) is 11.2. The molecule has 19 heavy (non-hydrogen) atoms. The second-order valence-electron chi connectivity index (χ2n) is 5.83. The molecule has 4 nitrogen and oxygen atoms in total. The van der Waals surface area contributed by atoms with Gasteiger partial charge in [-0.2, -0.15) is 0 Å². The van der Waals surface area contributed by atoms with Gasteiger partial charge >= 0.3 is 0 Å². The molecule has 2 fully saturated rings. The Morgan fingerprint density at radius 1 is 1.32 bits per heavy atom. The number of hydrogen-bond donors (Lipinski definition) is 2. The minimum Gasteiger partial charge on any atom is -0.508 e. The lowest BCUT2D eigenvalue weighted by Crippen LogP contribution is -2.50. The molecule has 4 heteroatoms. The minimum atomic E-state index is 0.0944. The number of carbonyl (C=O) groups excluding carboxylic acids is 1. The van der Waals surface area contributed by atoms with Gasteiger partial charge in [0.2, 0.25) is 0 Å². The van der Waals surface area contributed by atoms with Crippen LogP contribution in [0.5, 0.6) is 5.75 Å². The predicted octanol–water partition coefficient (Wildman–Crippen LogP) is 1.79. The van der Waals surface area contributed by atoms with Gasteiger partial charge in [-0.3, -0.25) is 4.79 Å². The Balaban J connectivity index is 1.88. The van der Waals surface area contributed by atoms with Crippen molar-refractivity contribution in [1.29, 1.82) is 0 Å². The van der Waals surface area contributed by atoms with Crippen molar-refractivity contribution in [2.75, 3.05) is 0 Å². The fraction of sp³-hybridized carbons (Fsp3) is 0.533. The molecule has 2 aliphatic heterocycles. The second kappa shape index (κ2) is 4.53. The van der Waals surface area contributed by atoms with Crippen LogP contribution in [0, 0.1) is 6.92 Å². The number of amides is 1. The molecule has 3 N–H and O–H groups in total. The van der Waals surface area contributed by atoms with E-state index in [4.69, 9.17) is 5.73 Å². The molecule has 1 aromatic rings. The van der Waals surface area contributed by atoms with Gasteiger partial charge in [0, 0.05) is 23.7 Å². The van der Waals surface area contributed by atoms with Crippen LogP contribution < -0.4 is 5.73 Å². The van der Waals surface area contributed by atoms with Crippen molar-refractivity contribution in [3.05, 3.63) is 29.3 Å². The summed E-state index contributed by atoms with van der Waals surface area (Å²) in [7, 11) is 0. The summed E-state index contributed by atoms with van der Waals surface area (Å²) in [6.45, 7) is 1.87. The van der Waals surface area contributed by atoms with Crippen molar-refractivity contribution in [1.82, 2.24) is 4.90 Å². The summed E-state index contributed by atoms with van der Waals surface area (Å²) >= 11 is 0. The summed E-state index contributed by atoms with van der Waals surface area (Å²) in [6.07, 6.45) is 3.97. The molecule has 102 valence electrons. The molecule has 2 heterocycles. The van der Waals surface area contributed by atoms with Crippen LogP contribution in [0.4, 0.5) is 0 Å². The number of phenols is 1. The lowest BCUT2D eigenvalue weighted by Gasteiger charge is -2.38. The SMILES string of the molecule is Cc1cc(O)ccc1C(=O)N1C2CCC1CC(N)C2. The molecule has 3 rings (SSSR count). The number of benzene rings is 1. The number of rotatable bonds is 1. The van der Waals surface area contributed by atoms with E-state index in [1.165, 1.54) is 0 Å². The highest BCUT2D eigenvalue weighted by molar-refractivity contribution is 5.96. The Kier molecular flexibility index (Phi) is 2.97. The largest absolute Gasteiger partial charge is 0.508 e. The highest BCUT2D eigenvalue weighted by atomic mass is 16.3. The minimum absolute atomic E-state index is 0.0944. The highest BCUT2D eigenvalue weighted by Gasteiger charge is 2.42. The molecule has 0 spiro atoms. The summed E-state index contributed by atoms with van der Waals surface area (Å²) in [5, 5.41) is 9.44. The Morgan fingerprint density at radius 3 is 2.53 bits per heavy atom. The van der Waals surface area contributed by atoms with Crippen LogP contribution in [0.15, 0.2) is 18.2 Å². The smallest absolute Gasteiger partial charge is 0.254 e. The maximum atomic E-state index is 12.7. The normalized spacial score (nSPS) is 29.6. The first-order chi connectivity index (χ1) is 9.06. The molecule has 2 atom stereocenters. The van der Waals surface area contributed by atoms with Crippen molar-refractivity contribution < 1.29 is 9.90 Å². The predicted molar refractivity (Wildman–Crippen MR) is 73.0 cm³/mol. The number of phenolic OH excluding ortho intramolecular Hbond substituents is 1. The van der Waals surface area contributed by atoms with Crippen molar-refractivity contribution in [3.63, 3.8) is 0 Å². The number of aryl methyl sites for hydroxylation is 1. The van der Waals surface area contributed by atoms with Crippen LogP contribution in [0.1, 0.15) is 41.6 Å². The average molecular weight is 260 g/mol. The molecule has 2 unspecified atom stereocenters. The molecule has 2 bridgehead atoms. The van der Waals surface area contributed by atoms with E-state index in [0.29, 0.717) is 17.6 Å². The molecule has 0 radical (unpaired) electrons. The molecule has 2 saturated heterocycles. The lowest BCUT2D eigenvalue weighted by molar-refractivity contribution is 0.0574. The molecule has 0 aliphatic carbocycles. The first kappa shape index (κ1) is 12.5. The highest BCUT2D eigenvalue weighted by Crippen LogP contribution is 2.36. The van der Waals surface area contributed by atoms with Crippen molar-refractivity contribution in [2.24, 2.45) is 5.73 Å². The summed E-state index contributed by atoms with van der Waals surface area (Å²) < 4.78 is 0. The zero-order chi connectivity index (χ0) is 13.6. The molecule has 0 aromatic heterocycles. The molecule has 2 aliphatic rings. The van der Waals surface area contributed by atoms with Crippen molar-refractivity contribution in [3.8, 4) is 5.75 Å². The zero-order valence-corrected chi connectivity index (χ0v) is 11.2. The third kappa shape index (κ3) is 2.10. The van der Waals surface area contributed by atoms with Crippen LogP contribution in [0.25, 0.3) is 0 Å². The lowest BCUT2D eigenvalue weighted by atomic mass is 9.96. The second-order valence-corrected chi connectivity index (χ2v) is 5.83. The van der Waals surface area contributed by atoms with E-state index >= 15 is 0 Å². The van der Waals surface area contributed by atoms with Crippen molar-refractivity contribution in [2.45, 2.75) is 50.7 Å². The maximum Gasteiger partial charge on any atom is 0.254 e. The summed E-state index contributed by atoms with van der Waals surface area (Å²) in [4.78, 5) is 14.7. The number of carbonyl (C=O) groups is 1. The Bertz CT molecular complexity index is 501. The third-order valence-electron chi connectivity index (χ3n) is 4.44. The monoisotopic (exact) mass is 260 g/mol. The molecular formula is C15H20N2O2. The van der Waals surface area contributed by atoms with E-state index in [9.17, 15) is 9.90 Å². The van der Waals surface area contributed by atoms with Crippen LogP contribution in [-0.2, 0) is 0 Å². The Hall–Kier alpha value is -1.55. The molecular weight excluding hydrogens is 240 g/mol. The molecule has 0 saturated carbocycles. The van der Waals surface area contributed by atoms with Gasteiger partial charge in [0.05, 0.1) is 0 Å². The van der Waals surface area contributed by atoms with E-state index in [1.807, 2.05) is 11.8 Å². The van der Waals surface area contributed by atoms with Gasteiger partial charge in [0.1, 0.15) is 5.75 Å². The Labute approximate surface area is 113 Å². The first-order valence-corrected chi connectivity index (χ1v) is 6.94. The van der Waals surface area contributed by atoms with Gasteiger partial charge in [0.15, 0.2) is 0 Å². The number of piperidine rings is 1. The number of aromatic hydroxyl groups is 1. The molecule has 1 amide bonds. The quantitative estimate of drug-likeness (QED) is 0.809. The summed E-state index contributed by atoms with van der Waals surface area (Å²) in [5.41, 5.74) is 7.57. The van der Waals surface area contributed by atoms with Gasteiger partial charge in [-0.25, -0.2) is 0 Å². The van der Waals surface area contributed by atoms with Gasteiger partial charge in [-0.15, -0.1) is 0 Å². The van der Waals surface area contributed by atoms with Gasteiger partial charge < -0.3 is 15.7 Å². The van der Waals surface area contributed by atoms with E-state index in [1.54, 1.807) is 18.2 Å². The van der Waals surface area contributed by atoms with Crippen LogP contribution >= 0.6 is 0 Å². The fourth-order valence-corrected chi connectivity index (χ4v) is 3.58. The number of nitrogens with zero attached hydrogens (tertiary/aromatic N) is 1. The number of nitrogens with two attached hydrogens (primary N) is 1. The Morgan fingerprint density at radius 2 is 1.95 bits per heavy atom. The summed E-state index contributed by atoms with van der Waals surface area (Å²) in [5.74, 6) is 0.301. The van der Waals surface area contributed by atoms with Gasteiger partial charge in [0.25, 0.3) is 5.91 Å². The van der Waals surface area contributed by atoms with Gasteiger partial charge in [-0.05, 0) is 56.4 Å². The number of hydrogen-bond acceptors (Lipinski definition) is 3. The van der Waals surface area contributed by atoms with E-state index in [-0.39, 0.29) is 17.7 Å². The average Bonchev–Trinajstić information content (AvgIpc) is 2.61. The standard InChI is InChI=1S/C15H20N2O2/c1-9-6-13(18)4-5-14(9)15(19)17-11-2-3-12(17)8-10(16)7-11/h4-6,10-12,18H,2-3,7-8,16H2,1H3. The van der Waals surface area contributed by atoms with Gasteiger partial charge in [-0.1, -0.05) is 0 Å². The van der Waals surface area contributed by atoms with Crippen molar-refractivity contribution >= 4 is 5.91 Å². The first-order valence-electron chi connectivity index (χ1n) is 6.94. The topological polar surface area (TPSA) is 66.6 Å². The maximum absolute atomic E-state index is 12.7. The fourth-order valence-electron chi connectivity index (χ4n) is 3.58. The van der Waals surface area contributed by atoms with E-state index in [2.05, 4.69) is 0 Å².